The fourth-order valence-corrected chi connectivity index (χ4v) is 3.45. The van der Waals surface area contributed by atoms with Crippen LogP contribution in [-0.2, 0) is 9.59 Å². The van der Waals surface area contributed by atoms with Crippen molar-refractivity contribution in [2.75, 3.05) is 17.3 Å². The van der Waals surface area contributed by atoms with Gasteiger partial charge in [-0.15, -0.1) is 0 Å². The number of benzene rings is 3. The molecule has 152 valence electrons. The summed E-state index contributed by atoms with van der Waals surface area (Å²) in [6.45, 7) is 1.97. The van der Waals surface area contributed by atoms with Gasteiger partial charge >= 0.3 is 0 Å². The lowest BCUT2D eigenvalue weighted by Gasteiger charge is -2.15. The van der Waals surface area contributed by atoms with Gasteiger partial charge in [0.15, 0.2) is 0 Å². The minimum Gasteiger partial charge on any atom is -0.496 e. The van der Waals surface area contributed by atoms with Gasteiger partial charge in [0.25, 0.3) is 11.8 Å². The number of nitrogens with one attached hydrogen (secondary N) is 1. The molecule has 3 aromatic rings. The zero-order valence-corrected chi connectivity index (χ0v) is 17.0. The summed E-state index contributed by atoms with van der Waals surface area (Å²) >= 11 is 0. The van der Waals surface area contributed by atoms with Crippen molar-refractivity contribution >= 4 is 28.8 Å². The van der Waals surface area contributed by atoms with Crippen LogP contribution in [0.4, 0.5) is 11.4 Å². The maximum Gasteiger partial charge on any atom is 0.282 e. The lowest BCUT2D eigenvalue weighted by molar-refractivity contribution is -0.120. The maximum atomic E-state index is 13.5. The molecular formula is C25H19N3O3. The number of imide groups is 1. The van der Waals surface area contributed by atoms with E-state index in [9.17, 15) is 9.59 Å². The Morgan fingerprint density at radius 1 is 0.903 bits per heavy atom. The molecule has 1 aliphatic rings. The average molecular weight is 409 g/mol. The van der Waals surface area contributed by atoms with E-state index in [2.05, 4.69) is 5.32 Å². The van der Waals surface area contributed by atoms with E-state index >= 15 is 0 Å². The number of aryl methyl sites for hydroxylation is 1. The number of nitrogens with zero attached hydrogens (tertiary/aromatic N) is 2. The molecule has 4 rings (SSSR count). The molecule has 0 saturated carbocycles. The lowest BCUT2D eigenvalue weighted by Crippen LogP contribution is -2.32. The number of hydrogen-bond donors (Lipinski definition) is 1. The van der Waals surface area contributed by atoms with E-state index in [0.29, 0.717) is 28.3 Å². The molecule has 1 aliphatic heterocycles. The van der Waals surface area contributed by atoms with Crippen LogP contribution in [0, 0.1) is 18.3 Å². The van der Waals surface area contributed by atoms with Crippen LogP contribution in [0.5, 0.6) is 5.75 Å². The molecule has 0 aliphatic carbocycles. The summed E-state index contributed by atoms with van der Waals surface area (Å²) in [6, 6.07) is 23.0. The normalized spacial score (nSPS) is 13.4. The van der Waals surface area contributed by atoms with Crippen molar-refractivity contribution in [2.24, 2.45) is 0 Å². The Kier molecular flexibility index (Phi) is 5.25. The molecule has 0 atom stereocenters. The monoisotopic (exact) mass is 409 g/mol. The number of rotatable bonds is 5. The summed E-state index contributed by atoms with van der Waals surface area (Å²) in [4.78, 5) is 28.0. The summed E-state index contributed by atoms with van der Waals surface area (Å²) in [7, 11) is 1.52. The Hall–Kier alpha value is -4.37. The highest BCUT2D eigenvalue weighted by atomic mass is 16.5. The van der Waals surface area contributed by atoms with Gasteiger partial charge < -0.3 is 10.1 Å². The molecule has 0 aromatic heterocycles. The smallest absolute Gasteiger partial charge is 0.282 e. The number of methoxy groups -OCH3 is 1. The Morgan fingerprint density at radius 3 is 2.23 bits per heavy atom. The van der Waals surface area contributed by atoms with Crippen LogP contribution >= 0.6 is 0 Å². The van der Waals surface area contributed by atoms with Gasteiger partial charge in [-0.25, -0.2) is 4.90 Å². The standard InChI is InChI=1S/C25H19N3O3/c1-16-7-11-18(12-8-16)27-23-22(20-5-3-4-6-21(20)31-2)24(29)28(25(23)30)19-13-9-17(15-26)10-14-19/h3-14,27H,1-2H3. The summed E-state index contributed by atoms with van der Waals surface area (Å²) in [5, 5.41) is 12.2. The Balaban J connectivity index is 1.84. The van der Waals surface area contributed by atoms with E-state index in [1.54, 1.807) is 48.5 Å². The van der Waals surface area contributed by atoms with Crippen molar-refractivity contribution in [1.82, 2.24) is 0 Å². The Morgan fingerprint density at radius 2 is 1.58 bits per heavy atom. The van der Waals surface area contributed by atoms with Crippen LogP contribution in [0.1, 0.15) is 16.7 Å². The van der Waals surface area contributed by atoms with Crippen LogP contribution in [0.3, 0.4) is 0 Å². The second-order valence-electron chi connectivity index (χ2n) is 7.05. The summed E-state index contributed by atoms with van der Waals surface area (Å²) in [6.07, 6.45) is 0. The summed E-state index contributed by atoms with van der Waals surface area (Å²) in [5.74, 6) is -0.450. The van der Waals surface area contributed by atoms with Crippen LogP contribution in [-0.4, -0.2) is 18.9 Å². The quantitative estimate of drug-likeness (QED) is 0.637. The number of ether oxygens (including phenoxy) is 1. The number of carbonyl (C=O) groups excluding carboxylic acids is 2. The van der Waals surface area contributed by atoms with Crippen molar-refractivity contribution in [3.63, 3.8) is 0 Å². The van der Waals surface area contributed by atoms with Crippen molar-refractivity contribution in [1.29, 1.82) is 5.26 Å². The first-order chi connectivity index (χ1) is 15.0. The van der Waals surface area contributed by atoms with Gasteiger partial charge in [0.05, 0.1) is 30.0 Å². The molecule has 0 unspecified atom stereocenters. The molecule has 0 bridgehead atoms. The Labute approximate surface area is 180 Å². The van der Waals surface area contributed by atoms with Crippen LogP contribution in [0.2, 0.25) is 0 Å². The van der Waals surface area contributed by atoms with E-state index in [-0.39, 0.29) is 11.3 Å². The molecule has 1 heterocycles. The van der Waals surface area contributed by atoms with Gasteiger partial charge in [0.1, 0.15) is 11.4 Å². The van der Waals surface area contributed by atoms with Crippen molar-refractivity contribution in [3.8, 4) is 11.8 Å². The predicted molar refractivity (Wildman–Crippen MR) is 118 cm³/mol. The minimum atomic E-state index is -0.476. The maximum absolute atomic E-state index is 13.5. The first-order valence-electron chi connectivity index (χ1n) is 9.64. The third kappa shape index (κ3) is 3.65. The van der Waals surface area contributed by atoms with Crippen molar-refractivity contribution in [2.45, 2.75) is 6.92 Å². The molecule has 31 heavy (non-hydrogen) atoms. The number of amides is 2. The first-order valence-corrected chi connectivity index (χ1v) is 9.64. The Bertz CT molecular complexity index is 1240. The summed E-state index contributed by atoms with van der Waals surface area (Å²) in [5.41, 5.74) is 3.53. The molecule has 0 radical (unpaired) electrons. The van der Waals surface area contributed by atoms with E-state index in [1.807, 2.05) is 37.3 Å². The number of para-hydroxylation sites is 1. The molecule has 3 aromatic carbocycles. The number of anilines is 2. The van der Waals surface area contributed by atoms with Gasteiger partial charge in [-0.3, -0.25) is 9.59 Å². The molecule has 2 amide bonds. The van der Waals surface area contributed by atoms with Gasteiger partial charge in [-0.2, -0.15) is 5.26 Å². The SMILES string of the molecule is COc1ccccc1C1=C(Nc2ccc(C)cc2)C(=O)N(c2ccc(C#N)cc2)C1=O. The van der Waals surface area contributed by atoms with Crippen LogP contribution < -0.4 is 15.0 Å². The van der Waals surface area contributed by atoms with Gasteiger partial charge in [-0.05, 0) is 49.4 Å². The number of nitriles is 1. The number of hydrogen-bond acceptors (Lipinski definition) is 5. The average Bonchev–Trinajstić information content (AvgIpc) is 3.04. The summed E-state index contributed by atoms with van der Waals surface area (Å²) < 4.78 is 5.45. The van der Waals surface area contributed by atoms with E-state index < -0.39 is 11.8 Å². The zero-order chi connectivity index (χ0) is 22.0. The molecule has 0 fully saturated rings. The highest BCUT2D eigenvalue weighted by Gasteiger charge is 2.41. The lowest BCUT2D eigenvalue weighted by atomic mass is 10.0. The fraction of sp³-hybridized carbons (Fsp3) is 0.0800. The highest BCUT2D eigenvalue weighted by molar-refractivity contribution is 6.46. The van der Waals surface area contributed by atoms with Crippen molar-refractivity contribution in [3.05, 3.63) is 95.2 Å². The van der Waals surface area contributed by atoms with E-state index in [0.717, 1.165) is 10.5 Å². The van der Waals surface area contributed by atoms with Crippen LogP contribution in [0.25, 0.3) is 5.57 Å². The van der Waals surface area contributed by atoms with Crippen molar-refractivity contribution < 1.29 is 14.3 Å². The second kappa shape index (κ2) is 8.17. The molecule has 6 heteroatoms. The third-order valence-electron chi connectivity index (χ3n) is 5.04. The zero-order valence-electron chi connectivity index (χ0n) is 17.0. The first kappa shape index (κ1) is 19.9. The second-order valence-corrected chi connectivity index (χ2v) is 7.05. The highest BCUT2D eigenvalue weighted by Crippen LogP contribution is 2.37. The van der Waals surface area contributed by atoms with Gasteiger partial charge in [0, 0.05) is 11.3 Å². The van der Waals surface area contributed by atoms with E-state index in [4.69, 9.17) is 10.00 Å². The number of carbonyl (C=O) groups is 2. The molecule has 0 spiro atoms. The molecule has 1 N–H and O–H groups in total. The molecular weight excluding hydrogens is 390 g/mol. The molecule has 6 nitrogen and oxygen atoms in total. The topological polar surface area (TPSA) is 82.4 Å². The minimum absolute atomic E-state index is 0.169. The predicted octanol–water partition coefficient (Wildman–Crippen LogP) is 4.27. The third-order valence-corrected chi connectivity index (χ3v) is 5.04. The van der Waals surface area contributed by atoms with Gasteiger partial charge in [-0.1, -0.05) is 35.9 Å². The van der Waals surface area contributed by atoms with Crippen LogP contribution in [0.15, 0.2) is 78.5 Å². The largest absolute Gasteiger partial charge is 0.496 e. The van der Waals surface area contributed by atoms with Gasteiger partial charge in [0.2, 0.25) is 0 Å². The van der Waals surface area contributed by atoms with E-state index in [1.165, 1.54) is 7.11 Å². The fourth-order valence-electron chi connectivity index (χ4n) is 3.45. The molecule has 0 saturated heterocycles.